The predicted molar refractivity (Wildman–Crippen MR) is 206 cm³/mol. The van der Waals surface area contributed by atoms with Crippen LogP contribution in [-0.2, 0) is 0 Å². The highest BCUT2D eigenvalue weighted by molar-refractivity contribution is 6.19. The molecule has 3 aliphatic rings. The number of ether oxygens (including phenoxy) is 1. The summed E-state index contributed by atoms with van der Waals surface area (Å²) in [6, 6.07) is 53.1. The van der Waals surface area contributed by atoms with E-state index >= 15 is 0 Å². The first-order valence-corrected chi connectivity index (χ1v) is 17.4. The number of fused-ring (bicyclic) bond motifs is 10. The van der Waals surface area contributed by atoms with Crippen LogP contribution in [0.1, 0.15) is 46.1 Å². The second kappa shape index (κ2) is 10.9. The van der Waals surface area contributed by atoms with E-state index < -0.39 is 6.17 Å². The predicted octanol–water partition coefficient (Wildman–Crippen LogP) is 9.94. The summed E-state index contributed by atoms with van der Waals surface area (Å²) in [4.78, 5) is 10.5. The summed E-state index contributed by atoms with van der Waals surface area (Å²) in [5.74, 6) is 2.40. The van der Waals surface area contributed by atoms with Crippen molar-refractivity contribution in [2.45, 2.75) is 18.2 Å². The van der Waals surface area contributed by atoms with E-state index in [1.807, 2.05) is 18.2 Å². The molecule has 0 saturated heterocycles. The molecule has 2 aromatic heterocycles. The fourth-order valence-electron chi connectivity index (χ4n) is 8.35. The summed E-state index contributed by atoms with van der Waals surface area (Å²) in [5, 5.41) is 7.28. The van der Waals surface area contributed by atoms with Gasteiger partial charge in [-0.05, 0) is 48.0 Å². The molecule has 3 atom stereocenters. The number of aliphatic imine (C=N–C) groups is 2. The van der Waals surface area contributed by atoms with E-state index in [9.17, 15) is 0 Å². The van der Waals surface area contributed by atoms with Gasteiger partial charge in [0.1, 0.15) is 17.7 Å². The van der Waals surface area contributed by atoms with Crippen LogP contribution in [0.15, 0.2) is 168 Å². The molecule has 0 radical (unpaired) electrons. The van der Waals surface area contributed by atoms with Crippen molar-refractivity contribution < 1.29 is 4.74 Å². The third kappa shape index (κ3) is 4.17. The summed E-state index contributed by atoms with van der Waals surface area (Å²) in [6.07, 6.45) is 3.99. The molecule has 8 aromatic rings. The van der Waals surface area contributed by atoms with Crippen LogP contribution in [0.25, 0.3) is 44.5 Å². The lowest BCUT2D eigenvalue weighted by atomic mass is 9.85. The van der Waals surface area contributed by atoms with Crippen LogP contribution < -0.4 is 10.1 Å². The summed E-state index contributed by atoms with van der Waals surface area (Å²) < 4.78 is 11.7. The molecule has 242 valence electrons. The lowest BCUT2D eigenvalue weighted by Crippen LogP contribution is -2.39. The van der Waals surface area contributed by atoms with Crippen molar-refractivity contribution in [2.24, 2.45) is 9.98 Å². The Kier molecular flexibility index (Phi) is 6.04. The zero-order valence-corrected chi connectivity index (χ0v) is 27.5. The van der Waals surface area contributed by atoms with E-state index in [1.165, 1.54) is 27.2 Å². The average Bonchev–Trinajstić information content (AvgIpc) is 3.86. The van der Waals surface area contributed by atoms with Crippen molar-refractivity contribution in [1.29, 1.82) is 0 Å². The first-order chi connectivity index (χ1) is 25.3. The van der Waals surface area contributed by atoms with Crippen molar-refractivity contribution in [3.63, 3.8) is 0 Å². The molecule has 51 heavy (non-hydrogen) atoms. The summed E-state index contributed by atoms with van der Waals surface area (Å²) in [6.45, 7) is 0. The standard InChI is InChI=1S/C45H31N5O/c1-3-14-28(15-4-1)43-46-44(48-45(47-43)50-36-23-10-7-18-30(36)31-19-8-11-24-37(31)50)35-22-13-21-32-33-26-27-39-40(42(33)51-41(32)35)34-20-9-12-25-38(34)49(39)29-16-5-2-6-17-29/h1-27,33,42-43H,(H,46,47,48). The number of hydrogen-bond donors (Lipinski definition) is 1. The molecule has 6 nitrogen and oxygen atoms in total. The molecule has 11 rings (SSSR count). The maximum Gasteiger partial charge on any atom is 0.211 e. The Balaban J connectivity index is 1.06. The van der Waals surface area contributed by atoms with Gasteiger partial charge in [0.2, 0.25) is 5.96 Å². The highest BCUT2D eigenvalue weighted by Gasteiger charge is 2.42. The van der Waals surface area contributed by atoms with Gasteiger partial charge in [-0.15, -0.1) is 0 Å². The summed E-state index contributed by atoms with van der Waals surface area (Å²) in [5.41, 5.74) is 9.99. The highest BCUT2D eigenvalue weighted by atomic mass is 16.5. The highest BCUT2D eigenvalue weighted by Crippen LogP contribution is 2.54. The molecule has 6 aromatic carbocycles. The Morgan fingerprint density at radius 3 is 1.92 bits per heavy atom. The maximum atomic E-state index is 7.15. The van der Waals surface area contributed by atoms with Gasteiger partial charge in [-0.1, -0.05) is 121 Å². The van der Waals surface area contributed by atoms with Gasteiger partial charge in [0, 0.05) is 38.9 Å². The summed E-state index contributed by atoms with van der Waals surface area (Å²) in [7, 11) is 0. The van der Waals surface area contributed by atoms with E-state index in [1.54, 1.807) is 0 Å². The zero-order chi connectivity index (χ0) is 33.5. The Morgan fingerprint density at radius 1 is 0.569 bits per heavy atom. The van der Waals surface area contributed by atoms with Gasteiger partial charge >= 0.3 is 0 Å². The van der Waals surface area contributed by atoms with Gasteiger partial charge < -0.3 is 14.6 Å². The van der Waals surface area contributed by atoms with Crippen LogP contribution in [-0.4, -0.2) is 20.9 Å². The molecule has 0 spiro atoms. The quantitative estimate of drug-likeness (QED) is 0.206. The van der Waals surface area contributed by atoms with Gasteiger partial charge in [-0.2, -0.15) is 0 Å². The Hall–Kier alpha value is -6.66. The van der Waals surface area contributed by atoms with Gasteiger partial charge in [0.15, 0.2) is 6.17 Å². The van der Waals surface area contributed by atoms with E-state index in [0.717, 1.165) is 56.6 Å². The normalized spacial score (nSPS) is 18.9. The number of benzene rings is 6. The van der Waals surface area contributed by atoms with Crippen molar-refractivity contribution in [1.82, 2.24) is 14.5 Å². The second-order valence-electron chi connectivity index (χ2n) is 13.3. The molecular weight excluding hydrogens is 627 g/mol. The third-order valence-corrected chi connectivity index (χ3v) is 10.6. The zero-order valence-electron chi connectivity index (χ0n) is 27.5. The van der Waals surface area contributed by atoms with E-state index in [4.69, 9.17) is 14.7 Å². The van der Waals surface area contributed by atoms with Crippen LogP contribution in [0, 0.1) is 0 Å². The minimum absolute atomic E-state index is 0.0714. The van der Waals surface area contributed by atoms with E-state index in [2.05, 4.69) is 160 Å². The Labute approximate surface area is 294 Å². The number of para-hydroxylation sites is 5. The van der Waals surface area contributed by atoms with Crippen LogP contribution in [0.2, 0.25) is 0 Å². The van der Waals surface area contributed by atoms with Gasteiger partial charge in [-0.25, -0.2) is 9.98 Å². The molecule has 0 amide bonds. The number of nitrogens with one attached hydrogen (secondary N) is 1. The van der Waals surface area contributed by atoms with Crippen LogP contribution in [0.4, 0.5) is 0 Å². The smallest absolute Gasteiger partial charge is 0.211 e. The number of hydrogen-bond acceptors (Lipinski definition) is 4. The topological polar surface area (TPSA) is 55.8 Å². The fourth-order valence-corrected chi connectivity index (χ4v) is 8.35. The van der Waals surface area contributed by atoms with Gasteiger partial charge in [-0.3, -0.25) is 4.57 Å². The molecule has 4 heterocycles. The van der Waals surface area contributed by atoms with Crippen LogP contribution >= 0.6 is 0 Å². The lowest BCUT2D eigenvalue weighted by Gasteiger charge is -2.24. The number of nitrogens with zero attached hydrogens (tertiary/aromatic N) is 4. The Morgan fingerprint density at radius 2 is 1.20 bits per heavy atom. The number of amidine groups is 1. The monoisotopic (exact) mass is 657 g/mol. The van der Waals surface area contributed by atoms with E-state index in [-0.39, 0.29) is 12.0 Å². The average molecular weight is 658 g/mol. The van der Waals surface area contributed by atoms with Gasteiger partial charge in [0.05, 0.1) is 27.8 Å². The van der Waals surface area contributed by atoms with Crippen LogP contribution in [0.3, 0.4) is 0 Å². The van der Waals surface area contributed by atoms with Gasteiger partial charge in [0.25, 0.3) is 0 Å². The molecule has 1 N–H and O–H groups in total. The molecule has 0 fully saturated rings. The molecular formula is C45H31N5O. The number of rotatable bonds is 3. The minimum Gasteiger partial charge on any atom is -0.484 e. The van der Waals surface area contributed by atoms with E-state index in [0.29, 0.717) is 0 Å². The molecule has 0 saturated carbocycles. The van der Waals surface area contributed by atoms with Crippen molar-refractivity contribution >= 4 is 50.6 Å². The molecule has 0 bridgehead atoms. The lowest BCUT2D eigenvalue weighted by molar-refractivity contribution is 0.224. The second-order valence-corrected chi connectivity index (χ2v) is 13.3. The van der Waals surface area contributed by atoms with Crippen molar-refractivity contribution in [2.75, 3.05) is 0 Å². The third-order valence-electron chi connectivity index (χ3n) is 10.6. The molecule has 6 heteroatoms. The molecule has 1 aliphatic carbocycles. The minimum atomic E-state index is -0.438. The molecule has 2 aliphatic heterocycles. The van der Waals surface area contributed by atoms with Crippen molar-refractivity contribution in [3.05, 3.63) is 186 Å². The maximum absolute atomic E-state index is 7.15. The summed E-state index contributed by atoms with van der Waals surface area (Å²) >= 11 is 0. The largest absolute Gasteiger partial charge is 0.484 e. The Bertz CT molecular complexity index is 2720. The van der Waals surface area contributed by atoms with Crippen molar-refractivity contribution in [3.8, 4) is 11.4 Å². The number of aromatic nitrogens is 2. The SMILES string of the molecule is C1=CC2c3cccc(C4=NC(c5ccccc5)N=C(n5c6ccccc6c6ccccc65)N4)c3OC2c2c1n(-c1ccccc1)c1ccccc21. The first-order valence-electron chi connectivity index (χ1n) is 17.4. The molecule has 3 unspecified atom stereocenters. The van der Waals surface area contributed by atoms with Crippen LogP contribution in [0.5, 0.6) is 5.75 Å². The first kappa shape index (κ1) is 28.2. The fraction of sp³-hybridized carbons (Fsp3) is 0.0667.